The molecular weight excluding hydrogens is 295 g/mol. The zero-order valence-electron chi connectivity index (χ0n) is 14.5. The molecule has 0 heterocycles. The second kappa shape index (κ2) is 10.3. The second-order valence-corrected chi connectivity index (χ2v) is 7.04. The fourth-order valence-electron chi connectivity index (χ4n) is 3.77. The molecule has 0 amide bonds. The molecule has 1 aliphatic rings. The Morgan fingerprint density at radius 1 is 1.35 bits per heavy atom. The maximum Gasteiger partial charge on any atom is 0.456 e. The molecule has 0 aromatic rings. The number of hydrogen-bond donors (Lipinski definition) is 4. The van der Waals surface area contributed by atoms with E-state index >= 15 is 0 Å². The van der Waals surface area contributed by atoms with Crippen molar-refractivity contribution in [1.29, 1.82) is 0 Å². The summed E-state index contributed by atoms with van der Waals surface area (Å²) in [5.41, 5.74) is 6.18. The van der Waals surface area contributed by atoms with Gasteiger partial charge in [-0.3, -0.25) is 4.79 Å². The van der Waals surface area contributed by atoms with E-state index in [0.29, 0.717) is 19.4 Å². The molecule has 6 nitrogen and oxygen atoms in total. The summed E-state index contributed by atoms with van der Waals surface area (Å²) in [6.45, 7) is 2.64. The van der Waals surface area contributed by atoms with E-state index in [9.17, 15) is 19.9 Å². The Kier molecular flexibility index (Phi) is 9.13. The molecule has 23 heavy (non-hydrogen) atoms. The van der Waals surface area contributed by atoms with E-state index in [0.717, 1.165) is 38.5 Å². The summed E-state index contributed by atoms with van der Waals surface area (Å²) in [7, 11) is 0.655. The van der Waals surface area contributed by atoms with Gasteiger partial charge in [0, 0.05) is 24.4 Å². The van der Waals surface area contributed by atoms with Gasteiger partial charge in [0.1, 0.15) is 0 Å². The first-order valence-electron chi connectivity index (χ1n) is 8.91. The zero-order valence-corrected chi connectivity index (χ0v) is 14.5. The van der Waals surface area contributed by atoms with Crippen molar-refractivity contribution in [3.63, 3.8) is 0 Å². The van der Waals surface area contributed by atoms with Gasteiger partial charge in [0.2, 0.25) is 0 Å². The molecule has 0 aromatic heterocycles. The number of nitrogens with two attached hydrogens (primary N) is 1. The molecule has 1 rings (SSSR count). The first-order chi connectivity index (χ1) is 10.9. The van der Waals surface area contributed by atoms with Gasteiger partial charge >= 0.3 is 13.1 Å². The van der Waals surface area contributed by atoms with Crippen LogP contribution in [0.5, 0.6) is 0 Å². The first-order valence-corrected chi connectivity index (χ1v) is 8.91. The van der Waals surface area contributed by atoms with Crippen LogP contribution in [0.4, 0.5) is 0 Å². The number of rotatable bonds is 10. The van der Waals surface area contributed by atoms with Gasteiger partial charge in [-0.25, -0.2) is 0 Å². The summed E-state index contributed by atoms with van der Waals surface area (Å²) in [5, 5.41) is 28.4. The quantitative estimate of drug-likeness (QED) is 0.451. The van der Waals surface area contributed by atoms with E-state index in [4.69, 9.17) is 5.73 Å². The van der Waals surface area contributed by atoms with Crippen LogP contribution >= 0.6 is 0 Å². The summed E-state index contributed by atoms with van der Waals surface area (Å²) < 4.78 is 0. The monoisotopic (exact) mass is 328 g/mol. The molecule has 0 radical (unpaired) electrons. The third-order valence-electron chi connectivity index (χ3n) is 5.10. The lowest BCUT2D eigenvalue weighted by Crippen LogP contribution is -2.48. The summed E-state index contributed by atoms with van der Waals surface area (Å²) in [5.74, 6) is -1.29. The van der Waals surface area contributed by atoms with Crippen molar-refractivity contribution in [2.75, 3.05) is 13.6 Å². The molecule has 0 bridgehead atoms. The molecule has 134 valence electrons. The third kappa shape index (κ3) is 6.79. The average Bonchev–Trinajstić information content (AvgIpc) is 2.50. The Bertz CT molecular complexity index is 357. The fraction of sp³-hybridized carbons (Fsp3) is 0.938. The lowest BCUT2D eigenvalue weighted by atomic mass is 9.62. The van der Waals surface area contributed by atoms with Gasteiger partial charge in [-0.2, -0.15) is 0 Å². The topological polar surface area (TPSA) is 107 Å². The maximum absolute atomic E-state index is 11.3. The number of unbranched alkanes of at least 4 members (excludes halogenated alkanes) is 1. The van der Waals surface area contributed by atoms with Crippen LogP contribution < -0.4 is 5.73 Å². The SMILES string of the molecule is CCCCC(CC(N)CN(C)C1CCCCC1B(O)O)C(=O)O. The van der Waals surface area contributed by atoms with Crippen molar-refractivity contribution in [2.45, 2.75) is 76.2 Å². The average molecular weight is 328 g/mol. The minimum atomic E-state index is -1.30. The summed E-state index contributed by atoms with van der Waals surface area (Å²) >= 11 is 0. The number of carboxylic acids is 1. The minimum Gasteiger partial charge on any atom is -0.481 e. The Labute approximate surface area is 140 Å². The number of aliphatic carboxylic acids is 1. The summed E-state index contributed by atoms with van der Waals surface area (Å²) in [6.07, 6.45) is 6.89. The van der Waals surface area contributed by atoms with E-state index in [-0.39, 0.29) is 23.8 Å². The predicted molar refractivity (Wildman–Crippen MR) is 92.1 cm³/mol. The van der Waals surface area contributed by atoms with Gasteiger partial charge in [0.05, 0.1) is 5.92 Å². The molecule has 4 unspecified atom stereocenters. The molecule has 5 N–H and O–H groups in total. The molecule has 1 aliphatic carbocycles. The van der Waals surface area contributed by atoms with Crippen LogP contribution in [0, 0.1) is 5.92 Å². The van der Waals surface area contributed by atoms with Gasteiger partial charge in [-0.1, -0.05) is 39.0 Å². The number of likely N-dealkylation sites (N-methyl/N-ethyl adjacent to an activating group) is 1. The minimum absolute atomic E-state index is 0.105. The molecule has 0 saturated heterocycles. The second-order valence-electron chi connectivity index (χ2n) is 7.04. The highest BCUT2D eigenvalue weighted by Crippen LogP contribution is 2.33. The Hall–Kier alpha value is -0.625. The van der Waals surface area contributed by atoms with Crippen molar-refractivity contribution in [3.05, 3.63) is 0 Å². The standard InChI is InChI=1S/C16H33BN2O4/c1-3-4-7-12(16(20)21)10-13(18)11-19(2)15-9-6-5-8-14(15)17(22)23/h12-15,22-23H,3-11,18H2,1-2H3,(H,20,21). The third-order valence-corrected chi connectivity index (χ3v) is 5.10. The van der Waals surface area contributed by atoms with Crippen molar-refractivity contribution in [3.8, 4) is 0 Å². The van der Waals surface area contributed by atoms with Crippen molar-refractivity contribution in [1.82, 2.24) is 4.90 Å². The number of carboxylic acid groups (broad SMARTS) is 1. The molecule has 0 aromatic carbocycles. The van der Waals surface area contributed by atoms with Crippen LogP contribution in [0.3, 0.4) is 0 Å². The van der Waals surface area contributed by atoms with Crippen LogP contribution in [0.2, 0.25) is 5.82 Å². The van der Waals surface area contributed by atoms with Crippen LogP contribution in [-0.2, 0) is 4.79 Å². The lowest BCUT2D eigenvalue weighted by Gasteiger charge is -2.39. The van der Waals surface area contributed by atoms with E-state index < -0.39 is 13.1 Å². The van der Waals surface area contributed by atoms with Crippen molar-refractivity contribution < 1.29 is 19.9 Å². The van der Waals surface area contributed by atoms with Crippen LogP contribution in [0.15, 0.2) is 0 Å². The Balaban J connectivity index is 2.53. The Morgan fingerprint density at radius 3 is 2.57 bits per heavy atom. The highest BCUT2D eigenvalue weighted by Gasteiger charge is 2.36. The van der Waals surface area contributed by atoms with Crippen molar-refractivity contribution >= 4 is 13.1 Å². The Morgan fingerprint density at radius 2 is 2.00 bits per heavy atom. The lowest BCUT2D eigenvalue weighted by molar-refractivity contribution is -0.142. The van der Waals surface area contributed by atoms with Crippen LogP contribution in [0.1, 0.15) is 58.3 Å². The molecule has 1 fully saturated rings. The fourth-order valence-corrected chi connectivity index (χ4v) is 3.77. The largest absolute Gasteiger partial charge is 0.481 e. The maximum atomic E-state index is 11.3. The van der Waals surface area contributed by atoms with Gasteiger partial charge in [0.25, 0.3) is 0 Å². The molecule has 4 atom stereocenters. The summed E-state index contributed by atoms with van der Waals surface area (Å²) in [6, 6.07) is -0.106. The number of nitrogens with zero attached hydrogens (tertiary/aromatic N) is 1. The zero-order chi connectivity index (χ0) is 17.4. The van der Waals surface area contributed by atoms with Crippen LogP contribution in [0.25, 0.3) is 0 Å². The number of hydrogen-bond acceptors (Lipinski definition) is 5. The van der Waals surface area contributed by atoms with E-state index in [1.54, 1.807) is 0 Å². The van der Waals surface area contributed by atoms with E-state index in [1.807, 2.05) is 7.05 Å². The summed E-state index contributed by atoms with van der Waals surface area (Å²) in [4.78, 5) is 13.4. The highest BCUT2D eigenvalue weighted by atomic mass is 16.4. The predicted octanol–water partition coefficient (Wildman–Crippen LogP) is 1.31. The van der Waals surface area contributed by atoms with Gasteiger partial charge < -0.3 is 25.8 Å². The molecule has 1 saturated carbocycles. The highest BCUT2D eigenvalue weighted by molar-refractivity contribution is 6.43. The normalized spacial score (nSPS) is 24.4. The van der Waals surface area contributed by atoms with Gasteiger partial charge in [0.15, 0.2) is 0 Å². The van der Waals surface area contributed by atoms with Crippen molar-refractivity contribution in [2.24, 2.45) is 11.7 Å². The molecule has 7 heteroatoms. The molecule has 0 aliphatic heterocycles. The molecule has 0 spiro atoms. The van der Waals surface area contributed by atoms with Crippen LogP contribution in [-0.4, -0.2) is 58.8 Å². The smallest absolute Gasteiger partial charge is 0.456 e. The number of carbonyl (C=O) groups is 1. The first kappa shape index (κ1) is 20.4. The van der Waals surface area contributed by atoms with Gasteiger partial charge in [-0.05, 0) is 26.3 Å². The molecular formula is C16H33BN2O4. The van der Waals surface area contributed by atoms with E-state index in [1.165, 1.54) is 0 Å². The van der Waals surface area contributed by atoms with Gasteiger partial charge in [-0.15, -0.1) is 0 Å². The van der Waals surface area contributed by atoms with E-state index in [2.05, 4.69) is 11.8 Å².